The van der Waals surface area contributed by atoms with Gasteiger partial charge in [-0.15, -0.1) is 10.2 Å². The lowest BCUT2D eigenvalue weighted by Crippen LogP contribution is -2.24. The molecule has 0 aliphatic heterocycles. The van der Waals surface area contributed by atoms with Crippen LogP contribution in [0.2, 0.25) is 5.02 Å². The van der Waals surface area contributed by atoms with Crippen LogP contribution in [0.25, 0.3) is 0 Å². The van der Waals surface area contributed by atoms with E-state index in [1.165, 1.54) is 0 Å². The molecule has 0 spiro atoms. The highest BCUT2D eigenvalue weighted by molar-refractivity contribution is 9.10. The Bertz CT molecular complexity index is 599. The molecule has 7 heteroatoms. The van der Waals surface area contributed by atoms with Crippen LogP contribution in [-0.2, 0) is 13.1 Å². The average molecular weight is 344 g/mol. The Morgan fingerprint density at radius 3 is 3.00 bits per heavy atom. The van der Waals surface area contributed by atoms with E-state index in [9.17, 15) is 4.79 Å². The topological polar surface area (TPSA) is 59.8 Å². The van der Waals surface area contributed by atoms with Gasteiger partial charge in [0.15, 0.2) is 5.82 Å². The van der Waals surface area contributed by atoms with Gasteiger partial charge in [0, 0.05) is 16.6 Å². The van der Waals surface area contributed by atoms with Crippen molar-refractivity contribution < 1.29 is 4.79 Å². The van der Waals surface area contributed by atoms with Crippen molar-refractivity contribution in [3.8, 4) is 0 Å². The number of carbonyl (C=O) groups is 1. The van der Waals surface area contributed by atoms with Gasteiger partial charge in [0.25, 0.3) is 5.91 Å². The number of nitrogens with one attached hydrogen (secondary N) is 1. The lowest BCUT2D eigenvalue weighted by atomic mass is 10.2. The van der Waals surface area contributed by atoms with Crippen LogP contribution in [0.15, 0.2) is 29.0 Å². The first-order chi connectivity index (χ1) is 9.11. The molecular weight excluding hydrogens is 332 g/mol. The Morgan fingerprint density at radius 1 is 1.53 bits per heavy atom. The zero-order valence-corrected chi connectivity index (χ0v) is 12.6. The number of aryl methyl sites for hydroxylation is 1. The third-order valence-corrected chi connectivity index (χ3v) is 3.86. The Balaban J connectivity index is 2.03. The number of hydrogen-bond donors (Lipinski definition) is 1. The Labute approximate surface area is 124 Å². The first kappa shape index (κ1) is 14.0. The Hall–Kier alpha value is -1.40. The molecule has 0 atom stereocenters. The van der Waals surface area contributed by atoms with Crippen molar-refractivity contribution in [3.63, 3.8) is 0 Å². The molecule has 2 rings (SSSR count). The van der Waals surface area contributed by atoms with Gasteiger partial charge in [-0.1, -0.05) is 11.6 Å². The third kappa shape index (κ3) is 3.33. The molecule has 0 saturated carbocycles. The largest absolute Gasteiger partial charge is 0.345 e. The molecule has 0 aliphatic rings. The number of amides is 1. The summed E-state index contributed by atoms with van der Waals surface area (Å²) in [5.41, 5.74) is 0.510. The van der Waals surface area contributed by atoms with Gasteiger partial charge in [-0.3, -0.25) is 4.79 Å². The maximum Gasteiger partial charge on any atom is 0.251 e. The number of halogens is 2. The van der Waals surface area contributed by atoms with Gasteiger partial charge in [-0.25, -0.2) is 0 Å². The second-order valence-electron chi connectivity index (χ2n) is 3.84. The van der Waals surface area contributed by atoms with Crippen LogP contribution in [-0.4, -0.2) is 20.7 Å². The summed E-state index contributed by atoms with van der Waals surface area (Å²) in [6.07, 6.45) is 1.64. The minimum Gasteiger partial charge on any atom is -0.345 e. The summed E-state index contributed by atoms with van der Waals surface area (Å²) in [4.78, 5) is 12.0. The lowest BCUT2D eigenvalue weighted by Gasteiger charge is -2.06. The number of aromatic nitrogens is 3. The van der Waals surface area contributed by atoms with Crippen molar-refractivity contribution in [1.29, 1.82) is 0 Å². The zero-order valence-electron chi connectivity index (χ0n) is 10.2. The fourth-order valence-electron chi connectivity index (χ4n) is 1.58. The van der Waals surface area contributed by atoms with E-state index in [0.717, 1.165) is 16.8 Å². The summed E-state index contributed by atoms with van der Waals surface area (Å²) in [7, 11) is 0. The Kier molecular flexibility index (Phi) is 4.55. The number of hydrogen-bond acceptors (Lipinski definition) is 3. The summed E-state index contributed by atoms with van der Waals surface area (Å²) in [6.45, 7) is 3.09. The zero-order chi connectivity index (χ0) is 13.8. The van der Waals surface area contributed by atoms with E-state index in [2.05, 4.69) is 31.4 Å². The fourth-order valence-corrected chi connectivity index (χ4v) is 2.01. The highest BCUT2D eigenvalue weighted by Crippen LogP contribution is 2.23. The minimum absolute atomic E-state index is 0.194. The molecule has 1 aromatic heterocycles. The predicted octanol–water partition coefficient (Wildman–Crippen LogP) is 2.64. The van der Waals surface area contributed by atoms with Crippen LogP contribution in [0.1, 0.15) is 23.1 Å². The van der Waals surface area contributed by atoms with Crippen molar-refractivity contribution in [2.45, 2.75) is 20.0 Å². The van der Waals surface area contributed by atoms with Gasteiger partial charge >= 0.3 is 0 Å². The molecule has 1 aromatic carbocycles. The molecule has 1 amide bonds. The number of carbonyl (C=O) groups excluding carboxylic acids is 1. The monoisotopic (exact) mass is 342 g/mol. The van der Waals surface area contributed by atoms with Crippen LogP contribution in [0, 0.1) is 0 Å². The van der Waals surface area contributed by atoms with E-state index >= 15 is 0 Å². The van der Waals surface area contributed by atoms with Crippen molar-refractivity contribution in [3.05, 3.63) is 45.4 Å². The van der Waals surface area contributed by atoms with Crippen molar-refractivity contribution in [1.82, 2.24) is 20.1 Å². The van der Waals surface area contributed by atoms with Gasteiger partial charge in [0.2, 0.25) is 0 Å². The second-order valence-corrected chi connectivity index (χ2v) is 5.11. The molecule has 100 valence electrons. The van der Waals surface area contributed by atoms with E-state index < -0.39 is 0 Å². The number of rotatable bonds is 4. The standard InChI is InChI=1S/C12H12BrClN4O/c1-2-18-7-16-17-11(18)6-15-12(19)8-3-4-9(13)10(14)5-8/h3-5,7H,2,6H2,1H3,(H,15,19). The average Bonchev–Trinajstić information content (AvgIpc) is 2.86. The highest BCUT2D eigenvalue weighted by atomic mass is 79.9. The second kappa shape index (κ2) is 6.16. The molecule has 1 N–H and O–H groups in total. The smallest absolute Gasteiger partial charge is 0.251 e. The molecular formula is C12H12BrClN4O. The van der Waals surface area contributed by atoms with E-state index in [-0.39, 0.29) is 5.91 Å². The molecule has 0 radical (unpaired) electrons. The van der Waals surface area contributed by atoms with Crippen LogP contribution in [0.4, 0.5) is 0 Å². The molecule has 1 heterocycles. The molecule has 19 heavy (non-hydrogen) atoms. The molecule has 0 unspecified atom stereocenters. The van der Waals surface area contributed by atoms with Crippen LogP contribution >= 0.6 is 27.5 Å². The SMILES string of the molecule is CCn1cnnc1CNC(=O)c1ccc(Br)c(Cl)c1. The van der Waals surface area contributed by atoms with Crippen molar-refractivity contribution in [2.75, 3.05) is 0 Å². The van der Waals surface area contributed by atoms with Gasteiger partial charge in [-0.2, -0.15) is 0 Å². The Morgan fingerprint density at radius 2 is 2.32 bits per heavy atom. The van der Waals surface area contributed by atoms with Crippen molar-refractivity contribution in [2.24, 2.45) is 0 Å². The minimum atomic E-state index is -0.194. The first-order valence-corrected chi connectivity index (χ1v) is 6.89. The summed E-state index contributed by atoms with van der Waals surface area (Å²) in [6, 6.07) is 5.06. The van der Waals surface area contributed by atoms with Gasteiger partial charge in [-0.05, 0) is 41.1 Å². The van der Waals surface area contributed by atoms with Crippen LogP contribution in [0.5, 0.6) is 0 Å². The summed E-state index contributed by atoms with van der Waals surface area (Å²) >= 11 is 9.23. The maximum absolute atomic E-state index is 12.0. The lowest BCUT2D eigenvalue weighted by molar-refractivity contribution is 0.0949. The molecule has 2 aromatic rings. The third-order valence-electron chi connectivity index (χ3n) is 2.63. The predicted molar refractivity (Wildman–Crippen MR) is 76.0 cm³/mol. The van der Waals surface area contributed by atoms with E-state index in [1.807, 2.05) is 11.5 Å². The molecule has 0 fully saturated rings. The van der Waals surface area contributed by atoms with Crippen LogP contribution < -0.4 is 5.32 Å². The number of benzene rings is 1. The summed E-state index contributed by atoms with van der Waals surface area (Å²) < 4.78 is 2.63. The van der Waals surface area contributed by atoms with Crippen LogP contribution in [0.3, 0.4) is 0 Å². The summed E-state index contributed by atoms with van der Waals surface area (Å²) in [5, 5.41) is 11.0. The normalized spacial score (nSPS) is 10.5. The first-order valence-electron chi connectivity index (χ1n) is 5.71. The highest BCUT2D eigenvalue weighted by Gasteiger charge is 2.09. The van der Waals surface area contributed by atoms with E-state index in [1.54, 1.807) is 24.5 Å². The molecule has 5 nitrogen and oxygen atoms in total. The fraction of sp³-hybridized carbons (Fsp3) is 0.250. The van der Waals surface area contributed by atoms with E-state index in [0.29, 0.717) is 17.1 Å². The maximum atomic E-state index is 12.0. The molecule has 0 bridgehead atoms. The molecule has 0 aliphatic carbocycles. The summed E-state index contributed by atoms with van der Waals surface area (Å²) in [5.74, 6) is 0.527. The number of nitrogens with zero attached hydrogens (tertiary/aromatic N) is 3. The van der Waals surface area contributed by atoms with Gasteiger partial charge < -0.3 is 9.88 Å². The van der Waals surface area contributed by atoms with Gasteiger partial charge in [0.1, 0.15) is 6.33 Å². The van der Waals surface area contributed by atoms with Crippen molar-refractivity contribution >= 4 is 33.4 Å². The van der Waals surface area contributed by atoms with E-state index in [4.69, 9.17) is 11.6 Å². The molecule has 0 saturated heterocycles. The quantitative estimate of drug-likeness (QED) is 0.928. The van der Waals surface area contributed by atoms with Gasteiger partial charge in [0.05, 0.1) is 11.6 Å².